The maximum absolute atomic E-state index is 9.88. The first-order valence-corrected chi connectivity index (χ1v) is 10.1. The number of aliphatic hydroxyl groups excluding tert-OH is 6. The molecular weight excluding hydrogens is 448 g/mol. The van der Waals surface area contributed by atoms with Gasteiger partial charge in [0.25, 0.3) is 0 Å². The maximum Gasteiger partial charge on any atom is 0.186 e. The third-order valence-corrected chi connectivity index (χ3v) is 5.14. The topological polar surface area (TPSA) is 220 Å². The highest BCUT2D eigenvalue weighted by molar-refractivity contribution is 4.92. The molecule has 4 rings (SSSR count). The number of hydrogen-bond acceptors (Lipinski definition) is 14. The van der Waals surface area contributed by atoms with E-state index in [2.05, 4.69) is 20.5 Å². The Kier molecular flexibility index (Phi) is 7.59. The van der Waals surface area contributed by atoms with E-state index in [0.29, 0.717) is 11.4 Å². The minimum atomic E-state index is -1.40. The second-order valence-corrected chi connectivity index (χ2v) is 7.72. The lowest BCUT2D eigenvalue weighted by Crippen LogP contribution is -2.53. The van der Waals surface area contributed by atoms with Crippen molar-refractivity contribution in [2.75, 3.05) is 13.2 Å². The van der Waals surface area contributed by atoms with E-state index in [1.807, 2.05) is 0 Å². The monoisotopic (exact) mass is 474 g/mol. The van der Waals surface area contributed by atoms with E-state index in [1.54, 1.807) is 6.20 Å². The zero-order valence-corrected chi connectivity index (χ0v) is 17.3. The lowest BCUT2D eigenvalue weighted by Gasteiger charge is -2.34. The second-order valence-electron chi connectivity index (χ2n) is 7.72. The normalized spacial score (nSPS) is 35.1. The molecule has 0 aliphatic carbocycles. The average molecular weight is 474 g/mol. The van der Waals surface area contributed by atoms with Crippen molar-refractivity contribution in [3.05, 3.63) is 23.8 Å². The lowest BCUT2D eigenvalue weighted by atomic mass is 10.1. The highest BCUT2D eigenvalue weighted by Crippen LogP contribution is 2.18. The van der Waals surface area contributed by atoms with E-state index in [4.69, 9.17) is 18.9 Å². The second kappa shape index (κ2) is 10.4. The Bertz CT molecular complexity index is 827. The van der Waals surface area contributed by atoms with Crippen molar-refractivity contribution in [1.82, 2.24) is 30.0 Å². The Morgan fingerprint density at radius 3 is 2.03 bits per heavy atom. The fraction of sp³-hybridized carbons (Fsp3) is 0.765. The van der Waals surface area contributed by atoms with Crippen molar-refractivity contribution >= 4 is 0 Å². The highest BCUT2D eigenvalue weighted by Gasteiger charge is 2.39. The molecule has 0 amide bonds. The van der Waals surface area contributed by atoms with Crippen LogP contribution in [0.15, 0.2) is 12.4 Å². The Labute approximate surface area is 186 Å². The Morgan fingerprint density at radius 1 is 0.848 bits per heavy atom. The van der Waals surface area contributed by atoms with Crippen molar-refractivity contribution in [2.24, 2.45) is 0 Å². The molecular formula is C17H26N6O10. The van der Waals surface area contributed by atoms with E-state index < -0.39 is 49.2 Å². The third-order valence-electron chi connectivity index (χ3n) is 5.14. The van der Waals surface area contributed by atoms with Gasteiger partial charge in [0.2, 0.25) is 0 Å². The number of aliphatic hydroxyl groups is 6. The highest BCUT2D eigenvalue weighted by atomic mass is 16.7. The minimum absolute atomic E-state index is 0.0503. The van der Waals surface area contributed by atoms with Crippen LogP contribution in [0, 0.1) is 0 Å². The van der Waals surface area contributed by atoms with Gasteiger partial charge in [-0.1, -0.05) is 5.21 Å². The van der Waals surface area contributed by atoms with Crippen LogP contribution in [0.2, 0.25) is 0 Å². The van der Waals surface area contributed by atoms with E-state index in [-0.39, 0.29) is 33.1 Å². The summed E-state index contributed by atoms with van der Waals surface area (Å²) in [6.45, 7) is -0.317. The minimum Gasteiger partial charge on any atom is -0.388 e. The number of ether oxygens (including phenoxy) is 4. The summed E-state index contributed by atoms with van der Waals surface area (Å²) in [4.78, 5) is 1.32. The van der Waals surface area contributed by atoms with Crippen molar-refractivity contribution in [3.8, 4) is 0 Å². The molecule has 2 saturated heterocycles. The molecule has 16 heteroatoms. The van der Waals surface area contributed by atoms with Gasteiger partial charge in [0.05, 0.1) is 38.8 Å². The molecule has 0 aromatic carbocycles. The van der Waals surface area contributed by atoms with Crippen LogP contribution in [-0.4, -0.2) is 123 Å². The summed E-state index contributed by atoms with van der Waals surface area (Å²) in [6, 6.07) is 0. The smallest absolute Gasteiger partial charge is 0.186 e. The molecule has 33 heavy (non-hydrogen) atoms. The first-order chi connectivity index (χ1) is 15.8. The molecule has 6 N–H and O–H groups in total. The predicted molar refractivity (Wildman–Crippen MR) is 101 cm³/mol. The molecule has 2 aromatic rings. The van der Waals surface area contributed by atoms with Crippen molar-refractivity contribution in [1.29, 1.82) is 0 Å². The Morgan fingerprint density at radius 2 is 1.42 bits per heavy atom. The number of nitrogens with zero attached hydrogens (tertiary/aromatic N) is 6. The molecule has 2 aliphatic rings. The van der Waals surface area contributed by atoms with Gasteiger partial charge in [0.1, 0.15) is 48.0 Å². The molecule has 0 unspecified atom stereocenters. The predicted octanol–water partition coefficient (Wildman–Crippen LogP) is -4.71. The summed E-state index contributed by atoms with van der Waals surface area (Å²) in [7, 11) is 0. The lowest BCUT2D eigenvalue weighted by molar-refractivity contribution is -0.273. The van der Waals surface area contributed by atoms with Gasteiger partial charge < -0.3 is 49.6 Å². The standard InChI is InChI=1S/C17H26N6O10/c24-10-5-32-16(14(28)12(10)26)30-3-8-1-18-23(20-8)7-22-2-9(19-21-22)4-31-17-15(29)13(27)11(25)6-33-17/h1-2,10-17,24-29H,3-7H2/t10-,11-,12+,13+,14-,15-,16-,17-/m1/s1. The molecule has 0 spiro atoms. The van der Waals surface area contributed by atoms with Crippen LogP contribution in [0.1, 0.15) is 11.4 Å². The number of rotatable bonds is 8. The van der Waals surface area contributed by atoms with Crippen molar-refractivity contribution in [2.45, 2.75) is 69.1 Å². The number of aromatic nitrogens is 6. The first-order valence-electron chi connectivity index (χ1n) is 10.1. The van der Waals surface area contributed by atoms with Gasteiger partial charge in [-0.15, -0.1) is 5.10 Å². The van der Waals surface area contributed by atoms with Gasteiger partial charge in [-0.3, -0.25) is 0 Å². The molecule has 2 fully saturated rings. The molecule has 2 aromatic heterocycles. The van der Waals surface area contributed by atoms with Crippen LogP contribution in [-0.2, 0) is 38.8 Å². The van der Waals surface area contributed by atoms with E-state index in [1.165, 1.54) is 15.7 Å². The SMILES string of the molecule is O[C@@H]1[C@@H](O)[C@H](OCc2cn(Cn3ncc(CO[C@@H]4OC[C@@H](O)[C@H](O)[C@H]4O)n3)nn2)OC[C@H]1O. The van der Waals surface area contributed by atoms with E-state index in [9.17, 15) is 30.6 Å². The van der Waals surface area contributed by atoms with Crippen molar-refractivity contribution in [3.63, 3.8) is 0 Å². The van der Waals surface area contributed by atoms with Gasteiger partial charge in [-0.25, -0.2) is 4.68 Å². The summed E-state index contributed by atoms with van der Waals surface area (Å²) in [5, 5.41) is 74.2. The summed E-state index contributed by atoms with van der Waals surface area (Å²) in [5.41, 5.74) is 0.852. The van der Waals surface area contributed by atoms with Crippen LogP contribution in [0.5, 0.6) is 0 Å². The number of hydrogen-bond donors (Lipinski definition) is 6. The third kappa shape index (κ3) is 5.69. The summed E-state index contributed by atoms with van der Waals surface area (Å²) < 4.78 is 22.6. The van der Waals surface area contributed by atoms with Gasteiger partial charge in [0, 0.05) is 0 Å². The van der Waals surface area contributed by atoms with Crippen molar-refractivity contribution < 1.29 is 49.6 Å². The molecule has 0 saturated carbocycles. The summed E-state index contributed by atoms with van der Waals surface area (Å²) in [5.74, 6) is 0. The van der Waals surface area contributed by atoms with Gasteiger partial charge in [-0.05, 0) is 0 Å². The van der Waals surface area contributed by atoms with Crippen LogP contribution >= 0.6 is 0 Å². The molecule has 4 heterocycles. The molecule has 2 aliphatic heterocycles. The first kappa shape index (κ1) is 24.0. The summed E-state index contributed by atoms with van der Waals surface area (Å²) >= 11 is 0. The average Bonchev–Trinajstić information content (AvgIpc) is 3.44. The van der Waals surface area contributed by atoms with Crippen LogP contribution < -0.4 is 0 Å². The zero-order chi connectivity index (χ0) is 23.5. The fourth-order valence-electron chi connectivity index (χ4n) is 3.26. The molecule has 0 radical (unpaired) electrons. The van der Waals surface area contributed by atoms with Gasteiger partial charge in [0.15, 0.2) is 19.2 Å². The van der Waals surface area contributed by atoms with E-state index in [0.717, 1.165) is 0 Å². The molecule has 8 atom stereocenters. The maximum atomic E-state index is 9.88. The zero-order valence-electron chi connectivity index (χ0n) is 17.3. The molecule has 184 valence electrons. The van der Waals surface area contributed by atoms with Crippen LogP contribution in [0.4, 0.5) is 0 Å². The Balaban J connectivity index is 1.24. The summed E-state index contributed by atoms with van der Waals surface area (Å²) in [6.07, 6.45) is -7.10. The van der Waals surface area contributed by atoms with Gasteiger partial charge in [-0.2, -0.15) is 15.0 Å². The van der Waals surface area contributed by atoms with Crippen LogP contribution in [0.25, 0.3) is 0 Å². The van der Waals surface area contributed by atoms with Gasteiger partial charge >= 0.3 is 0 Å². The molecule has 16 nitrogen and oxygen atoms in total. The Hall–Kier alpha value is -2.12. The van der Waals surface area contributed by atoms with Crippen LogP contribution in [0.3, 0.4) is 0 Å². The van der Waals surface area contributed by atoms with E-state index >= 15 is 0 Å². The quantitative estimate of drug-likeness (QED) is 0.212. The molecule has 0 bridgehead atoms. The fourth-order valence-corrected chi connectivity index (χ4v) is 3.26. The largest absolute Gasteiger partial charge is 0.388 e.